The maximum Gasteiger partial charge on any atom is 0.373 e. The highest BCUT2D eigenvalue weighted by atomic mass is 28.4. The van der Waals surface area contributed by atoms with Crippen LogP contribution in [0.25, 0.3) is 0 Å². The summed E-state index contributed by atoms with van der Waals surface area (Å²) < 4.78 is 27.8. The van der Waals surface area contributed by atoms with Gasteiger partial charge in [0.2, 0.25) is 20.0 Å². The van der Waals surface area contributed by atoms with Gasteiger partial charge in [-0.2, -0.15) is 0 Å². The molecule has 0 unspecified atom stereocenters. The van der Waals surface area contributed by atoms with E-state index < -0.39 is 50.5 Å². The topological polar surface area (TPSA) is 122 Å². The molecule has 2 rings (SSSR count). The number of hydrogen-bond acceptors (Lipinski definition) is 9. The number of carbonyl (C=O) groups excluding carboxylic acids is 2. The number of hydrogen-bond donors (Lipinski definition) is 2. The van der Waals surface area contributed by atoms with E-state index in [0.717, 1.165) is 0 Å². The van der Waals surface area contributed by atoms with Crippen LogP contribution in [-0.4, -0.2) is 75.3 Å². The first-order valence-corrected chi connectivity index (χ1v) is 13.6. The van der Waals surface area contributed by atoms with E-state index in [1.165, 1.54) is 20.1 Å². The van der Waals surface area contributed by atoms with Gasteiger partial charge < -0.3 is 29.4 Å². The van der Waals surface area contributed by atoms with Crippen LogP contribution in [0.2, 0.25) is 18.1 Å². The van der Waals surface area contributed by atoms with Gasteiger partial charge in [0.1, 0.15) is 24.4 Å². The Morgan fingerprint density at radius 2 is 1.94 bits per heavy atom. The Hall–Kier alpha value is -1.50. The Morgan fingerprint density at radius 1 is 1.31 bits per heavy atom. The van der Waals surface area contributed by atoms with Gasteiger partial charge in [-0.15, -0.1) is 0 Å². The van der Waals surface area contributed by atoms with Crippen molar-refractivity contribution in [1.82, 2.24) is 5.32 Å². The summed E-state index contributed by atoms with van der Waals surface area (Å²) in [5.74, 6) is -2.14. The zero-order chi connectivity index (χ0) is 24.5. The second-order valence-corrected chi connectivity index (χ2v) is 14.8. The molecular weight excluding hydrogens is 438 g/mol. The molecule has 0 aliphatic carbocycles. The molecule has 1 amide bonds. The van der Waals surface area contributed by atoms with Crippen LogP contribution >= 0.6 is 0 Å². The van der Waals surface area contributed by atoms with Gasteiger partial charge in [-0.05, 0) is 38.1 Å². The number of aliphatic hydroxyl groups is 1. The quantitative estimate of drug-likeness (QED) is 0.245. The Balaban J connectivity index is 2.36. The van der Waals surface area contributed by atoms with Crippen molar-refractivity contribution in [1.29, 1.82) is 0 Å². The van der Waals surface area contributed by atoms with Crippen molar-refractivity contribution in [3.05, 3.63) is 11.8 Å². The number of methoxy groups -OCH3 is 1. The molecule has 5 atom stereocenters. The van der Waals surface area contributed by atoms with E-state index in [0.29, 0.717) is 0 Å². The number of amides is 1. The lowest BCUT2D eigenvalue weighted by molar-refractivity contribution is -0.265. The zero-order valence-electron chi connectivity index (χ0n) is 20.4. The predicted octanol–water partition coefficient (Wildman–Crippen LogP) is 1.78. The molecule has 11 heteroatoms. The van der Waals surface area contributed by atoms with Gasteiger partial charge in [-0.25, -0.2) is 9.68 Å². The highest BCUT2D eigenvalue weighted by Gasteiger charge is 2.49. The summed E-state index contributed by atoms with van der Waals surface area (Å²) in [7, 11) is -1.12. The second kappa shape index (κ2) is 9.78. The Kier molecular flexibility index (Phi) is 8.17. The van der Waals surface area contributed by atoms with Crippen molar-refractivity contribution in [3.63, 3.8) is 0 Å². The number of carbonyl (C=O) groups is 2. The van der Waals surface area contributed by atoms with Crippen molar-refractivity contribution in [2.75, 3.05) is 13.7 Å². The molecule has 1 fully saturated rings. The average molecular weight is 476 g/mol. The first-order valence-electron chi connectivity index (χ1n) is 10.7. The molecule has 0 spiro atoms. The van der Waals surface area contributed by atoms with E-state index in [9.17, 15) is 14.7 Å². The molecule has 0 aromatic rings. The van der Waals surface area contributed by atoms with Crippen molar-refractivity contribution in [2.45, 2.75) is 95.9 Å². The SMILES string of the molecule is COC(=O)C1=C[C@H](OO[Si](C)(C)C(C)(C)C)[C@@H](NC(C)=O)[C@H]([C@H](O)[C@H]2COC(C)(C)O2)O1. The van der Waals surface area contributed by atoms with Crippen LogP contribution in [0.4, 0.5) is 0 Å². The number of rotatable bonds is 7. The normalized spacial score (nSPS) is 29.0. The first kappa shape index (κ1) is 26.7. The minimum Gasteiger partial charge on any atom is -0.478 e. The van der Waals surface area contributed by atoms with E-state index in [1.54, 1.807) is 13.8 Å². The van der Waals surface area contributed by atoms with E-state index in [2.05, 4.69) is 26.1 Å². The molecule has 2 N–H and O–H groups in total. The van der Waals surface area contributed by atoms with Gasteiger partial charge in [0.25, 0.3) is 0 Å². The Morgan fingerprint density at radius 3 is 2.41 bits per heavy atom. The van der Waals surface area contributed by atoms with Gasteiger partial charge in [-0.1, -0.05) is 20.8 Å². The van der Waals surface area contributed by atoms with E-state index in [-0.39, 0.29) is 23.3 Å². The molecular formula is C21H37NO9Si. The maximum atomic E-state index is 12.3. The molecule has 0 aromatic heterocycles. The van der Waals surface area contributed by atoms with Gasteiger partial charge >= 0.3 is 5.97 Å². The number of aliphatic hydroxyl groups excluding tert-OH is 1. The van der Waals surface area contributed by atoms with Crippen LogP contribution in [0.5, 0.6) is 0 Å². The lowest BCUT2D eigenvalue weighted by atomic mass is 9.93. The summed E-state index contributed by atoms with van der Waals surface area (Å²) in [6.07, 6.45) is -2.62. The fraction of sp³-hybridized carbons (Fsp3) is 0.810. The van der Waals surface area contributed by atoms with Crippen molar-refractivity contribution >= 4 is 20.2 Å². The van der Waals surface area contributed by atoms with E-state index in [1.807, 2.05) is 13.1 Å². The van der Waals surface area contributed by atoms with Crippen LogP contribution in [0.3, 0.4) is 0 Å². The molecule has 0 radical (unpaired) electrons. The minimum atomic E-state index is -2.34. The van der Waals surface area contributed by atoms with Gasteiger partial charge in [0.05, 0.1) is 13.7 Å². The molecule has 0 aromatic carbocycles. The van der Waals surface area contributed by atoms with Gasteiger partial charge in [0.15, 0.2) is 11.9 Å². The molecule has 1 saturated heterocycles. The standard InChI is InChI=1S/C21H37NO9Si/c1-12(23)22-16-13(30-31-32(8,9)20(2,3)4)10-14(19(25)26-7)28-18(16)17(24)15-11-27-21(5,6)29-15/h10,13,15-18,24H,11H2,1-9H3,(H,22,23)/t13-,15+,16+,17+,18+/m0/s1. The lowest BCUT2D eigenvalue weighted by Crippen LogP contribution is -2.61. The molecule has 32 heavy (non-hydrogen) atoms. The maximum absolute atomic E-state index is 12.3. The minimum absolute atomic E-state index is 0.115. The van der Waals surface area contributed by atoms with Crippen molar-refractivity contribution < 1.29 is 43.1 Å². The molecule has 0 bridgehead atoms. The van der Waals surface area contributed by atoms with Crippen LogP contribution < -0.4 is 5.32 Å². The van der Waals surface area contributed by atoms with E-state index in [4.69, 9.17) is 28.4 Å². The summed E-state index contributed by atoms with van der Waals surface area (Å²) >= 11 is 0. The van der Waals surface area contributed by atoms with Crippen LogP contribution in [-0.2, 0) is 38.0 Å². The summed E-state index contributed by atoms with van der Waals surface area (Å²) in [5, 5.41) is 13.7. The third kappa shape index (κ3) is 6.30. The number of esters is 1. The summed E-state index contributed by atoms with van der Waals surface area (Å²) in [6.45, 7) is 15.1. The van der Waals surface area contributed by atoms with Gasteiger partial charge in [-0.3, -0.25) is 9.37 Å². The third-order valence-corrected chi connectivity index (χ3v) is 10.1. The molecule has 2 aliphatic rings. The summed E-state index contributed by atoms with van der Waals surface area (Å²) in [5.41, 5.74) is 0. The molecule has 2 heterocycles. The van der Waals surface area contributed by atoms with Crippen molar-refractivity contribution in [3.8, 4) is 0 Å². The third-order valence-electron chi connectivity index (χ3n) is 5.96. The van der Waals surface area contributed by atoms with Crippen LogP contribution in [0.1, 0.15) is 41.5 Å². The zero-order valence-corrected chi connectivity index (χ0v) is 21.4. The number of nitrogens with one attached hydrogen (secondary N) is 1. The fourth-order valence-corrected chi connectivity index (χ4v) is 3.68. The smallest absolute Gasteiger partial charge is 0.373 e. The Bertz CT molecular complexity index is 731. The highest BCUT2D eigenvalue weighted by molar-refractivity contribution is 6.73. The Labute approximate surface area is 190 Å². The van der Waals surface area contributed by atoms with Crippen LogP contribution in [0, 0.1) is 0 Å². The van der Waals surface area contributed by atoms with Gasteiger partial charge in [0, 0.05) is 6.92 Å². The van der Waals surface area contributed by atoms with Crippen molar-refractivity contribution in [2.24, 2.45) is 0 Å². The second-order valence-electron chi connectivity index (χ2n) is 10.1. The highest BCUT2D eigenvalue weighted by Crippen LogP contribution is 2.38. The molecule has 0 saturated carbocycles. The molecule has 184 valence electrons. The van der Waals surface area contributed by atoms with Crippen LogP contribution in [0.15, 0.2) is 11.8 Å². The fourth-order valence-electron chi connectivity index (χ4n) is 3.08. The largest absolute Gasteiger partial charge is 0.478 e. The average Bonchev–Trinajstić information content (AvgIpc) is 3.04. The number of ether oxygens (including phenoxy) is 4. The first-order chi connectivity index (χ1) is 14.6. The predicted molar refractivity (Wildman–Crippen MR) is 117 cm³/mol. The lowest BCUT2D eigenvalue weighted by Gasteiger charge is -2.41. The molecule has 10 nitrogen and oxygen atoms in total. The summed E-state index contributed by atoms with van der Waals surface area (Å²) in [4.78, 5) is 30.0. The molecule has 2 aliphatic heterocycles. The monoisotopic (exact) mass is 475 g/mol. The van der Waals surface area contributed by atoms with E-state index >= 15 is 0 Å². The summed E-state index contributed by atoms with van der Waals surface area (Å²) in [6, 6.07) is -0.868.